The highest BCUT2D eigenvalue weighted by Gasteiger charge is 2.32. The van der Waals surface area contributed by atoms with Gasteiger partial charge >= 0.3 is 0 Å². The number of sulfonamides is 1. The summed E-state index contributed by atoms with van der Waals surface area (Å²) in [7, 11) is -3.46. The van der Waals surface area contributed by atoms with E-state index in [1.54, 1.807) is 12.1 Å². The molecule has 0 spiro atoms. The van der Waals surface area contributed by atoms with Crippen molar-refractivity contribution >= 4 is 10.0 Å². The van der Waals surface area contributed by atoms with Gasteiger partial charge in [0.15, 0.2) is 0 Å². The lowest BCUT2D eigenvalue weighted by atomic mass is 9.87. The van der Waals surface area contributed by atoms with Crippen molar-refractivity contribution in [3.63, 3.8) is 0 Å². The molecule has 2 rings (SSSR count). The zero-order valence-corrected chi connectivity index (χ0v) is 14.0. The molecule has 1 aliphatic rings. The fourth-order valence-corrected chi connectivity index (χ4v) is 4.14. The number of benzene rings is 1. The second-order valence-corrected chi connectivity index (χ2v) is 8.91. The van der Waals surface area contributed by atoms with Gasteiger partial charge in [0.25, 0.3) is 0 Å². The van der Waals surface area contributed by atoms with Crippen LogP contribution in [-0.4, -0.2) is 37.0 Å². The van der Waals surface area contributed by atoms with Gasteiger partial charge in [0.2, 0.25) is 10.0 Å². The van der Waals surface area contributed by atoms with E-state index in [2.05, 4.69) is 20.8 Å². The third-order valence-electron chi connectivity index (χ3n) is 4.18. The summed E-state index contributed by atoms with van der Waals surface area (Å²) in [5.74, 6) is -0.0256. The van der Waals surface area contributed by atoms with Crippen LogP contribution < -0.4 is 0 Å². The van der Waals surface area contributed by atoms with Crippen molar-refractivity contribution in [2.75, 3.05) is 13.1 Å². The summed E-state index contributed by atoms with van der Waals surface area (Å²) in [4.78, 5) is 0.332. The molecule has 5 heteroatoms. The van der Waals surface area contributed by atoms with E-state index in [0.29, 0.717) is 24.4 Å². The third-order valence-corrected chi connectivity index (χ3v) is 6.06. The summed E-state index contributed by atoms with van der Waals surface area (Å²) in [6, 6.07) is 7.14. The monoisotopic (exact) mass is 311 g/mol. The molecule has 0 radical (unpaired) electrons. The van der Waals surface area contributed by atoms with E-state index in [0.717, 1.165) is 5.56 Å². The summed E-state index contributed by atoms with van der Waals surface area (Å²) < 4.78 is 26.8. The van der Waals surface area contributed by atoms with Gasteiger partial charge in [0.05, 0.1) is 11.0 Å². The molecular formula is C16H25NO3S. The average Bonchev–Trinajstić information content (AvgIpc) is 2.41. The first-order valence-corrected chi connectivity index (χ1v) is 8.85. The van der Waals surface area contributed by atoms with Crippen molar-refractivity contribution in [1.29, 1.82) is 0 Å². The second-order valence-electron chi connectivity index (χ2n) is 6.97. The van der Waals surface area contributed by atoms with Gasteiger partial charge in [-0.1, -0.05) is 39.8 Å². The fraction of sp³-hybridized carbons (Fsp3) is 0.625. The molecule has 1 aromatic rings. The lowest BCUT2D eigenvalue weighted by Gasteiger charge is -2.33. The zero-order valence-electron chi connectivity index (χ0n) is 13.2. The second kappa shape index (κ2) is 5.71. The SMILES string of the molecule is CC1CN(S(=O)(=O)c2ccc(C(C)(C)C)cc2)CCC1O. The van der Waals surface area contributed by atoms with Crippen LogP contribution in [0.25, 0.3) is 0 Å². The van der Waals surface area contributed by atoms with Gasteiger partial charge in [0, 0.05) is 13.1 Å². The normalized spacial score (nSPS) is 25.0. The summed E-state index contributed by atoms with van der Waals surface area (Å²) in [6.07, 6.45) is 0.0974. The van der Waals surface area contributed by atoms with Gasteiger partial charge in [-0.2, -0.15) is 4.31 Å². The molecule has 0 aliphatic carbocycles. The lowest BCUT2D eigenvalue weighted by Crippen LogP contribution is -2.44. The Morgan fingerprint density at radius 2 is 1.76 bits per heavy atom. The molecular weight excluding hydrogens is 286 g/mol. The van der Waals surface area contributed by atoms with Crippen LogP contribution in [-0.2, 0) is 15.4 Å². The number of rotatable bonds is 2. The van der Waals surface area contributed by atoms with Gasteiger partial charge in [-0.05, 0) is 35.4 Å². The smallest absolute Gasteiger partial charge is 0.243 e. The van der Waals surface area contributed by atoms with Gasteiger partial charge < -0.3 is 5.11 Å². The quantitative estimate of drug-likeness (QED) is 0.912. The predicted molar refractivity (Wildman–Crippen MR) is 83.7 cm³/mol. The molecule has 1 aliphatic heterocycles. The molecule has 2 atom stereocenters. The molecule has 1 saturated heterocycles. The topological polar surface area (TPSA) is 57.6 Å². The minimum Gasteiger partial charge on any atom is -0.393 e. The van der Waals surface area contributed by atoms with Gasteiger partial charge in [-0.15, -0.1) is 0 Å². The first-order valence-electron chi connectivity index (χ1n) is 7.41. The lowest BCUT2D eigenvalue weighted by molar-refractivity contribution is 0.0628. The summed E-state index contributed by atoms with van der Waals surface area (Å²) in [6.45, 7) is 8.95. The Kier molecular flexibility index (Phi) is 4.47. The van der Waals surface area contributed by atoms with Crippen LogP contribution in [0.3, 0.4) is 0 Å². The Bertz CT molecular complexity index is 587. The molecule has 0 aromatic heterocycles. The van der Waals surface area contributed by atoms with E-state index in [1.807, 2.05) is 19.1 Å². The van der Waals surface area contributed by atoms with E-state index >= 15 is 0 Å². The Morgan fingerprint density at radius 1 is 1.19 bits per heavy atom. The maximum absolute atomic E-state index is 12.6. The Hall–Kier alpha value is -0.910. The number of aliphatic hydroxyl groups is 1. The summed E-state index contributed by atoms with van der Waals surface area (Å²) >= 11 is 0. The Morgan fingerprint density at radius 3 is 2.24 bits per heavy atom. The van der Waals surface area contributed by atoms with Crippen LogP contribution in [0.5, 0.6) is 0 Å². The van der Waals surface area contributed by atoms with Crippen LogP contribution in [0.15, 0.2) is 29.2 Å². The van der Waals surface area contributed by atoms with Crippen LogP contribution in [0, 0.1) is 5.92 Å². The van der Waals surface area contributed by atoms with Crippen molar-refractivity contribution in [2.24, 2.45) is 5.92 Å². The fourth-order valence-electron chi connectivity index (χ4n) is 2.59. The summed E-state index contributed by atoms with van der Waals surface area (Å²) in [5, 5.41) is 9.74. The van der Waals surface area contributed by atoms with Crippen LogP contribution in [0.1, 0.15) is 39.7 Å². The van der Waals surface area contributed by atoms with E-state index in [-0.39, 0.29) is 11.3 Å². The largest absolute Gasteiger partial charge is 0.393 e. The van der Waals surface area contributed by atoms with Gasteiger partial charge in [-0.25, -0.2) is 8.42 Å². The highest BCUT2D eigenvalue weighted by atomic mass is 32.2. The van der Waals surface area contributed by atoms with Crippen LogP contribution >= 0.6 is 0 Å². The van der Waals surface area contributed by atoms with Crippen molar-refractivity contribution < 1.29 is 13.5 Å². The molecule has 1 aromatic carbocycles. The molecule has 0 amide bonds. The van der Waals surface area contributed by atoms with Gasteiger partial charge in [-0.3, -0.25) is 0 Å². The molecule has 2 unspecified atom stereocenters. The summed E-state index contributed by atoms with van der Waals surface area (Å²) in [5.41, 5.74) is 1.12. The number of hydrogen-bond donors (Lipinski definition) is 1. The highest BCUT2D eigenvalue weighted by molar-refractivity contribution is 7.89. The Labute approximate surface area is 127 Å². The molecule has 0 bridgehead atoms. The van der Waals surface area contributed by atoms with E-state index in [9.17, 15) is 13.5 Å². The molecule has 21 heavy (non-hydrogen) atoms. The predicted octanol–water partition coefficient (Wildman–Crippen LogP) is 2.38. The molecule has 4 nitrogen and oxygen atoms in total. The number of nitrogens with zero attached hydrogens (tertiary/aromatic N) is 1. The van der Waals surface area contributed by atoms with Crippen LogP contribution in [0.4, 0.5) is 0 Å². The van der Waals surface area contributed by atoms with E-state index in [1.165, 1.54) is 4.31 Å². The maximum atomic E-state index is 12.6. The van der Waals surface area contributed by atoms with Crippen LogP contribution in [0.2, 0.25) is 0 Å². The minimum atomic E-state index is -3.46. The highest BCUT2D eigenvalue weighted by Crippen LogP contribution is 2.27. The van der Waals surface area contributed by atoms with Gasteiger partial charge in [0.1, 0.15) is 0 Å². The average molecular weight is 311 g/mol. The maximum Gasteiger partial charge on any atom is 0.243 e. The van der Waals surface area contributed by atoms with Crippen molar-refractivity contribution in [3.05, 3.63) is 29.8 Å². The van der Waals surface area contributed by atoms with Crippen molar-refractivity contribution in [2.45, 2.75) is 50.5 Å². The van der Waals surface area contributed by atoms with Crippen molar-refractivity contribution in [1.82, 2.24) is 4.31 Å². The molecule has 1 fully saturated rings. The molecule has 1 heterocycles. The van der Waals surface area contributed by atoms with E-state index < -0.39 is 16.1 Å². The molecule has 0 saturated carbocycles. The number of piperidine rings is 1. The van der Waals surface area contributed by atoms with E-state index in [4.69, 9.17) is 0 Å². The molecule has 118 valence electrons. The first kappa shape index (κ1) is 16.5. The number of aliphatic hydroxyl groups excluding tert-OH is 1. The standard InChI is InChI=1S/C16H25NO3S/c1-12-11-17(10-9-15(12)18)21(19,20)14-7-5-13(6-8-14)16(2,3)4/h5-8,12,15,18H,9-11H2,1-4H3. The number of hydrogen-bond acceptors (Lipinski definition) is 3. The Balaban J connectivity index is 2.24. The minimum absolute atomic E-state index is 0.00599. The third kappa shape index (κ3) is 3.47. The molecule has 1 N–H and O–H groups in total. The van der Waals surface area contributed by atoms with Crippen molar-refractivity contribution in [3.8, 4) is 0 Å². The first-order chi connectivity index (χ1) is 9.62. The zero-order chi connectivity index (χ0) is 15.8.